The third-order valence-electron chi connectivity index (χ3n) is 2.31. The van der Waals surface area contributed by atoms with Crippen molar-refractivity contribution in [1.29, 1.82) is 0 Å². The molecule has 5 heteroatoms. The predicted molar refractivity (Wildman–Crippen MR) is 67.5 cm³/mol. The van der Waals surface area contributed by atoms with E-state index < -0.39 is 0 Å². The molecular weight excluding hydrogens is 218 g/mol. The molecule has 0 bridgehead atoms. The quantitative estimate of drug-likeness (QED) is 0.762. The number of rotatable bonds is 5. The van der Waals surface area contributed by atoms with E-state index in [9.17, 15) is 4.79 Å². The number of ether oxygens (including phenoxy) is 1. The van der Waals surface area contributed by atoms with Gasteiger partial charge in [-0.25, -0.2) is 9.78 Å². The summed E-state index contributed by atoms with van der Waals surface area (Å²) in [6, 6.07) is 3.10. The zero-order valence-corrected chi connectivity index (χ0v) is 10.4. The zero-order valence-electron chi connectivity index (χ0n) is 10.4. The summed E-state index contributed by atoms with van der Waals surface area (Å²) in [4.78, 5) is 15.5. The van der Waals surface area contributed by atoms with Gasteiger partial charge in [0.2, 0.25) is 0 Å². The van der Waals surface area contributed by atoms with Crippen LogP contribution >= 0.6 is 0 Å². The fourth-order valence-corrected chi connectivity index (χ4v) is 1.57. The zero-order chi connectivity index (χ0) is 12.8. The number of carbonyl (C=O) groups excluding carboxylic acids is 1. The summed E-state index contributed by atoms with van der Waals surface area (Å²) in [6.07, 6.45) is 2.30. The average molecular weight is 237 g/mol. The molecule has 0 radical (unpaired) electrons. The Kier molecular flexibility index (Phi) is 4.75. The summed E-state index contributed by atoms with van der Waals surface area (Å²) in [7, 11) is 1.39. The number of nitrogens with two attached hydrogens (primary N) is 1. The van der Waals surface area contributed by atoms with E-state index in [2.05, 4.69) is 24.1 Å². The Morgan fingerprint density at radius 2 is 2.29 bits per heavy atom. The molecule has 0 fully saturated rings. The molecule has 0 aliphatic heterocycles. The molecule has 0 aliphatic carbocycles. The molecular formula is C12H19N3O2. The minimum atomic E-state index is -0.359. The second-order valence-electron chi connectivity index (χ2n) is 4.32. The largest absolute Gasteiger partial charge is 0.467 e. The monoisotopic (exact) mass is 237 g/mol. The standard InChI is InChI=1S/C12H19N3O2/c1-8(2)6-10(12(16)17-3)15-9-4-5-14-11(13)7-9/h4-5,7-8,10H,6H2,1-3H3,(H3,13,14,15). The molecule has 5 nitrogen and oxygen atoms in total. The number of methoxy groups -OCH3 is 1. The van der Waals surface area contributed by atoms with Crippen molar-refractivity contribution in [1.82, 2.24) is 4.98 Å². The molecule has 17 heavy (non-hydrogen) atoms. The van der Waals surface area contributed by atoms with Crippen LogP contribution in [0.4, 0.5) is 11.5 Å². The minimum absolute atomic E-state index is 0.269. The Hall–Kier alpha value is -1.78. The van der Waals surface area contributed by atoms with Gasteiger partial charge in [0.25, 0.3) is 0 Å². The van der Waals surface area contributed by atoms with E-state index in [0.717, 1.165) is 5.69 Å². The molecule has 0 spiro atoms. The van der Waals surface area contributed by atoms with Gasteiger partial charge >= 0.3 is 5.97 Å². The van der Waals surface area contributed by atoms with Crippen molar-refractivity contribution in [3.63, 3.8) is 0 Å². The number of nitrogens with one attached hydrogen (secondary N) is 1. The molecule has 3 N–H and O–H groups in total. The van der Waals surface area contributed by atoms with Gasteiger partial charge in [0, 0.05) is 18.0 Å². The first-order chi connectivity index (χ1) is 8.02. The lowest BCUT2D eigenvalue weighted by Crippen LogP contribution is -2.32. The molecule has 1 aromatic rings. The van der Waals surface area contributed by atoms with Crippen LogP contribution in [0, 0.1) is 5.92 Å². The number of pyridine rings is 1. The van der Waals surface area contributed by atoms with E-state index in [1.165, 1.54) is 7.11 Å². The normalized spacial score (nSPS) is 12.2. The Bertz CT molecular complexity index is 380. The highest BCUT2D eigenvalue weighted by Crippen LogP contribution is 2.15. The lowest BCUT2D eigenvalue weighted by molar-refractivity contribution is -0.141. The third kappa shape index (κ3) is 4.30. The van der Waals surface area contributed by atoms with Crippen molar-refractivity contribution in [3.8, 4) is 0 Å². The molecule has 1 heterocycles. The van der Waals surface area contributed by atoms with E-state index in [1.807, 2.05) is 0 Å². The maximum absolute atomic E-state index is 11.6. The van der Waals surface area contributed by atoms with Gasteiger partial charge in [0.15, 0.2) is 0 Å². The van der Waals surface area contributed by atoms with E-state index in [4.69, 9.17) is 10.5 Å². The fraction of sp³-hybridized carbons (Fsp3) is 0.500. The van der Waals surface area contributed by atoms with Gasteiger partial charge in [-0.2, -0.15) is 0 Å². The molecule has 0 saturated heterocycles. The van der Waals surface area contributed by atoms with Crippen molar-refractivity contribution < 1.29 is 9.53 Å². The van der Waals surface area contributed by atoms with E-state index in [-0.39, 0.29) is 12.0 Å². The molecule has 0 amide bonds. The highest BCUT2D eigenvalue weighted by atomic mass is 16.5. The highest BCUT2D eigenvalue weighted by molar-refractivity contribution is 5.79. The van der Waals surface area contributed by atoms with Crippen molar-refractivity contribution in [2.45, 2.75) is 26.3 Å². The van der Waals surface area contributed by atoms with Gasteiger partial charge in [0.05, 0.1) is 7.11 Å². The van der Waals surface area contributed by atoms with Gasteiger partial charge < -0.3 is 15.8 Å². The number of nitrogen functional groups attached to an aromatic ring is 1. The average Bonchev–Trinajstić information content (AvgIpc) is 2.26. The van der Waals surface area contributed by atoms with E-state index in [0.29, 0.717) is 18.2 Å². The lowest BCUT2D eigenvalue weighted by atomic mass is 10.0. The summed E-state index contributed by atoms with van der Waals surface area (Å²) >= 11 is 0. The molecule has 0 saturated carbocycles. The first kappa shape index (κ1) is 13.3. The van der Waals surface area contributed by atoms with Crippen LogP contribution in [0.3, 0.4) is 0 Å². The Labute approximate surface area is 101 Å². The lowest BCUT2D eigenvalue weighted by Gasteiger charge is -2.19. The molecule has 1 aromatic heterocycles. The molecule has 0 aromatic carbocycles. The third-order valence-corrected chi connectivity index (χ3v) is 2.31. The van der Waals surface area contributed by atoms with Crippen LogP contribution in [-0.4, -0.2) is 24.1 Å². The predicted octanol–water partition coefficient (Wildman–Crippen LogP) is 1.66. The summed E-state index contributed by atoms with van der Waals surface area (Å²) < 4.78 is 4.77. The first-order valence-electron chi connectivity index (χ1n) is 5.58. The molecule has 1 atom stereocenters. The number of hydrogen-bond acceptors (Lipinski definition) is 5. The Morgan fingerprint density at radius 3 is 2.82 bits per heavy atom. The second-order valence-corrected chi connectivity index (χ2v) is 4.32. The SMILES string of the molecule is COC(=O)C(CC(C)C)Nc1ccnc(N)c1. The van der Waals surface area contributed by atoms with Crippen LogP contribution in [0.1, 0.15) is 20.3 Å². The van der Waals surface area contributed by atoms with Crippen molar-refractivity contribution in [2.75, 3.05) is 18.2 Å². The summed E-state index contributed by atoms with van der Waals surface area (Å²) in [5.74, 6) is 0.544. The number of nitrogens with zero attached hydrogens (tertiary/aromatic N) is 1. The van der Waals surface area contributed by atoms with Gasteiger partial charge in [-0.05, 0) is 18.4 Å². The van der Waals surface area contributed by atoms with Gasteiger partial charge in [-0.1, -0.05) is 13.8 Å². The Morgan fingerprint density at radius 1 is 1.59 bits per heavy atom. The van der Waals surface area contributed by atoms with Crippen LogP contribution in [-0.2, 0) is 9.53 Å². The summed E-state index contributed by atoms with van der Waals surface area (Å²) in [5, 5.41) is 3.11. The van der Waals surface area contributed by atoms with Crippen molar-refractivity contribution in [2.24, 2.45) is 5.92 Å². The summed E-state index contributed by atoms with van der Waals surface area (Å²) in [5.41, 5.74) is 6.35. The van der Waals surface area contributed by atoms with Crippen molar-refractivity contribution >= 4 is 17.5 Å². The van der Waals surface area contributed by atoms with Crippen LogP contribution in [0.15, 0.2) is 18.3 Å². The van der Waals surface area contributed by atoms with Gasteiger partial charge in [-0.3, -0.25) is 0 Å². The first-order valence-corrected chi connectivity index (χ1v) is 5.58. The van der Waals surface area contributed by atoms with Crippen LogP contribution < -0.4 is 11.1 Å². The molecule has 0 aliphatic rings. The topological polar surface area (TPSA) is 77.2 Å². The molecule has 94 valence electrons. The fourth-order valence-electron chi connectivity index (χ4n) is 1.57. The van der Waals surface area contributed by atoms with E-state index >= 15 is 0 Å². The number of hydrogen-bond donors (Lipinski definition) is 2. The highest BCUT2D eigenvalue weighted by Gasteiger charge is 2.20. The maximum Gasteiger partial charge on any atom is 0.328 e. The second kappa shape index (κ2) is 6.08. The smallest absolute Gasteiger partial charge is 0.328 e. The van der Waals surface area contributed by atoms with Crippen molar-refractivity contribution in [3.05, 3.63) is 18.3 Å². The Balaban J connectivity index is 2.75. The summed E-state index contributed by atoms with van der Waals surface area (Å²) in [6.45, 7) is 4.11. The minimum Gasteiger partial charge on any atom is -0.467 e. The van der Waals surface area contributed by atoms with Crippen LogP contribution in [0.25, 0.3) is 0 Å². The van der Waals surface area contributed by atoms with Gasteiger partial charge in [-0.15, -0.1) is 0 Å². The number of carbonyl (C=O) groups is 1. The van der Waals surface area contributed by atoms with Crippen LogP contribution in [0.2, 0.25) is 0 Å². The molecule has 1 unspecified atom stereocenters. The molecule has 1 rings (SSSR count). The number of aromatic nitrogens is 1. The number of anilines is 2. The maximum atomic E-state index is 11.6. The van der Waals surface area contributed by atoms with Gasteiger partial charge in [0.1, 0.15) is 11.9 Å². The number of esters is 1. The van der Waals surface area contributed by atoms with Crippen LogP contribution in [0.5, 0.6) is 0 Å². The van der Waals surface area contributed by atoms with E-state index in [1.54, 1.807) is 18.3 Å².